The average molecular weight is 174 g/mol. The van der Waals surface area contributed by atoms with Gasteiger partial charge in [-0.05, 0) is 6.92 Å². The second kappa shape index (κ2) is 3.84. The highest BCUT2D eigenvalue weighted by atomic mass is 16.5. The maximum Gasteiger partial charge on any atom is 0.341 e. The molecular formula is C7H14N2O3. The highest BCUT2D eigenvalue weighted by Gasteiger charge is 2.41. The molecule has 1 aliphatic heterocycles. The first kappa shape index (κ1) is 9.44. The van der Waals surface area contributed by atoms with E-state index in [9.17, 15) is 4.79 Å². The molecular weight excluding hydrogens is 160 g/mol. The van der Waals surface area contributed by atoms with Crippen molar-refractivity contribution in [3.05, 3.63) is 0 Å². The molecule has 70 valence electrons. The molecule has 0 aromatic rings. The zero-order valence-electron chi connectivity index (χ0n) is 7.09. The lowest BCUT2D eigenvalue weighted by Gasteiger charge is -2.23. The van der Waals surface area contributed by atoms with Crippen molar-refractivity contribution in [1.82, 2.24) is 10.6 Å². The van der Waals surface area contributed by atoms with E-state index in [1.54, 1.807) is 0 Å². The van der Waals surface area contributed by atoms with Crippen LogP contribution in [-0.4, -0.2) is 43.0 Å². The Kier molecular flexibility index (Phi) is 3.02. The number of hydrogen-bond donors (Lipinski definition) is 3. The molecule has 5 heteroatoms. The van der Waals surface area contributed by atoms with Crippen LogP contribution in [0.25, 0.3) is 0 Å². The Balaban J connectivity index is 2.53. The number of carboxylic acids is 1. The van der Waals surface area contributed by atoms with Crippen molar-refractivity contribution in [3.63, 3.8) is 0 Å². The van der Waals surface area contributed by atoms with Crippen LogP contribution in [0.4, 0.5) is 0 Å². The molecule has 0 spiro atoms. The average Bonchev–Trinajstić information content (AvgIpc) is 2.50. The molecule has 0 aliphatic carbocycles. The van der Waals surface area contributed by atoms with Crippen LogP contribution >= 0.6 is 0 Å². The van der Waals surface area contributed by atoms with E-state index in [2.05, 4.69) is 10.6 Å². The summed E-state index contributed by atoms with van der Waals surface area (Å²) in [6.07, 6.45) is 0. The SMILES string of the molecule is CCOCC1(C(=O)O)NCCN1. The normalized spacial score (nSPS) is 21.1. The zero-order chi connectivity index (χ0) is 9.03. The minimum absolute atomic E-state index is 0.166. The minimum atomic E-state index is -1.06. The molecule has 0 atom stereocenters. The molecule has 1 saturated heterocycles. The second-order valence-electron chi connectivity index (χ2n) is 2.70. The van der Waals surface area contributed by atoms with Crippen LogP contribution in [0.1, 0.15) is 6.92 Å². The lowest BCUT2D eigenvalue weighted by Crippen LogP contribution is -2.59. The van der Waals surface area contributed by atoms with Crippen LogP contribution in [0.5, 0.6) is 0 Å². The van der Waals surface area contributed by atoms with Crippen LogP contribution in [0.15, 0.2) is 0 Å². The number of carbonyl (C=O) groups is 1. The van der Waals surface area contributed by atoms with Crippen molar-refractivity contribution in [3.8, 4) is 0 Å². The first-order chi connectivity index (χ1) is 5.71. The Labute approximate surface area is 71.1 Å². The van der Waals surface area contributed by atoms with E-state index in [0.29, 0.717) is 19.7 Å². The van der Waals surface area contributed by atoms with Gasteiger partial charge in [0.15, 0.2) is 5.66 Å². The van der Waals surface area contributed by atoms with Gasteiger partial charge in [0.05, 0.1) is 6.61 Å². The summed E-state index contributed by atoms with van der Waals surface area (Å²) in [5.74, 6) is -0.909. The molecule has 1 aliphatic rings. The summed E-state index contributed by atoms with van der Waals surface area (Å²) in [6.45, 7) is 3.86. The molecule has 1 rings (SSSR count). The Morgan fingerprint density at radius 3 is 2.58 bits per heavy atom. The Hall–Kier alpha value is -0.650. The lowest BCUT2D eigenvalue weighted by atomic mass is 10.2. The number of hydrogen-bond acceptors (Lipinski definition) is 4. The van der Waals surface area contributed by atoms with Gasteiger partial charge in [0, 0.05) is 19.7 Å². The van der Waals surface area contributed by atoms with Gasteiger partial charge in [-0.3, -0.25) is 10.6 Å². The number of rotatable bonds is 4. The fraction of sp³-hybridized carbons (Fsp3) is 0.857. The minimum Gasteiger partial charge on any atom is -0.479 e. The first-order valence-corrected chi connectivity index (χ1v) is 4.02. The van der Waals surface area contributed by atoms with Crippen molar-refractivity contribution in [2.24, 2.45) is 0 Å². The summed E-state index contributed by atoms with van der Waals surface area (Å²) in [6, 6.07) is 0. The molecule has 1 heterocycles. The molecule has 0 radical (unpaired) electrons. The summed E-state index contributed by atoms with van der Waals surface area (Å²) in [5, 5.41) is 14.6. The molecule has 1 fully saturated rings. The van der Waals surface area contributed by atoms with E-state index in [1.165, 1.54) is 0 Å². The van der Waals surface area contributed by atoms with E-state index < -0.39 is 11.6 Å². The third-order valence-corrected chi connectivity index (χ3v) is 1.87. The fourth-order valence-electron chi connectivity index (χ4n) is 1.18. The number of carboxylic acid groups (broad SMARTS) is 1. The summed E-state index contributed by atoms with van der Waals surface area (Å²) in [7, 11) is 0. The number of nitrogens with one attached hydrogen (secondary N) is 2. The Bertz CT molecular complexity index is 166. The van der Waals surface area contributed by atoms with E-state index in [4.69, 9.17) is 9.84 Å². The van der Waals surface area contributed by atoms with Crippen molar-refractivity contribution in [2.45, 2.75) is 12.6 Å². The highest BCUT2D eigenvalue weighted by Crippen LogP contribution is 2.05. The third kappa shape index (κ3) is 1.74. The smallest absolute Gasteiger partial charge is 0.341 e. The summed E-state index contributed by atoms with van der Waals surface area (Å²) in [4.78, 5) is 10.8. The van der Waals surface area contributed by atoms with E-state index in [0.717, 1.165) is 0 Å². The van der Waals surface area contributed by atoms with Gasteiger partial charge in [-0.2, -0.15) is 0 Å². The van der Waals surface area contributed by atoms with Crippen LogP contribution in [-0.2, 0) is 9.53 Å². The third-order valence-electron chi connectivity index (χ3n) is 1.87. The molecule has 0 saturated carbocycles. The molecule has 0 bridgehead atoms. The maximum atomic E-state index is 10.8. The van der Waals surface area contributed by atoms with Gasteiger partial charge < -0.3 is 9.84 Å². The summed E-state index contributed by atoms with van der Waals surface area (Å²) < 4.78 is 5.08. The van der Waals surface area contributed by atoms with E-state index >= 15 is 0 Å². The topological polar surface area (TPSA) is 70.6 Å². The van der Waals surface area contributed by atoms with Crippen molar-refractivity contribution >= 4 is 5.97 Å². The monoisotopic (exact) mass is 174 g/mol. The Morgan fingerprint density at radius 2 is 2.17 bits per heavy atom. The molecule has 5 nitrogen and oxygen atoms in total. The van der Waals surface area contributed by atoms with Gasteiger partial charge in [-0.25, -0.2) is 4.79 Å². The quantitative estimate of drug-likeness (QED) is 0.510. The largest absolute Gasteiger partial charge is 0.479 e. The van der Waals surface area contributed by atoms with Gasteiger partial charge in [0.2, 0.25) is 0 Å². The van der Waals surface area contributed by atoms with Crippen LogP contribution in [0.2, 0.25) is 0 Å². The van der Waals surface area contributed by atoms with Crippen molar-refractivity contribution in [2.75, 3.05) is 26.3 Å². The van der Waals surface area contributed by atoms with E-state index in [-0.39, 0.29) is 6.61 Å². The van der Waals surface area contributed by atoms with Crippen LogP contribution in [0.3, 0.4) is 0 Å². The fourth-order valence-corrected chi connectivity index (χ4v) is 1.18. The molecule has 0 amide bonds. The molecule has 0 unspecified atom stereocenters. The summed E-state index contributed by atoms with van der Waals surface area (Å²) >= 11 is 0. The second-order valence-corrected chi connectivity index (χ2v) is 2.70. The van der Waals surface area contributed by atoms with Gasteiger partial charge in [-0.1, -0.05) is 0 Å². The van der Waals surface area contributed by atoms with Crippen LogP contribution < -0.4 is 10.6 Å². The highest BCUT2D eigenvalue weighted by molar-refractivity contribution is 5.78. The lowest BCUT2D eigenvalue weighted by molar-refractivity contribution is -0.148. The Morgan fingerprint density at radius 1 is 1.58 bits per heavy atom. The van der Waals surface area contributed by atoms with E-state index in [1.807, 2.05) is 6.92 Å². The summed E-state index contributed by atoms with van der Waals surface area (Å²) in [5.41, 5.74) is -1.06. The van der Waals surface area contributed by atoms with Crippen LogP contribution in [0, 0.1) is 0 Å². The number of aliphatic carboxylic acids is 1. The van der Waals surface area contributed by atoms with Gasteiger partial charge in [0.1, 0.15) is 0 Å². The van der Waals surface area contributed by atoms with Gasteiger partial charge in [-0.15, -0.1) is 0 Å². The zero-order valence-corrected chi connectivity index (χ0v) is 7.09. The molecule has 0 aromatic heterocycles. The molecule has 3 N–H and O–H groups in total. The predicted octanol–water partition coefficient (Wildman–Crippen LogP) is -1.00. The molecule has 12 heavy (non-hydrogen) atoms. The number of ether oxygens (including phenoxy) is 1. The van der Waals surface area contributed by atoms with Crippen molar-refractivity contribution in [1.29, 1.82) is 0 Å². The predicted molar refractivity (Wildman–Crippen MR) is 42.9 cm³/mol. The van der Waals surface area contributed by atoms with Gasteiger partial charge in [0.25, 0.3) is 0 Å². The first-order valence-electron chi connectivity index (χ1n) is 4.02. The standard InChI is InChI=1S/C7H14N2O3/c1-2-12-5-7(6(10)11)8-3-4-9-7/h8-9H,2-5H2,1H3,(H,10,11). The maximum absolute atomic E-state index is 10.8. The molecule has 0 aromatic carbocycles. The van der Waals surface area contributed by atoms with Gasteiger partial charge >= 0.3 is 5.97 Å². The van der Waals surface area contributed by atoms with Crippen molar-refractivity contribution < 1.29 is 14.6 Å².